The number of carbonyl (C=O) groups is 2. The summed E-state index contributed by atoms with van der Waals surface area (Å²) in [5, 5.41) is 7.18. The maximum Gasteiger partial charge on any atom is 0.227 e. The molecule has 0 unspecified atom stereocenters. The first-order chi connectivity index (χ1) is 14.4. The zero-order valence-electron chi connectivity index (χ0n) is 17.6. The van der Waals surface area contributed by atoms with Gasteiger partial charge in [0.1, 0.15) is 11.4 Å². The number of hydrogen-bond acceptors (Lipinski definition) is 5. The summed E-state index contributed by atoms with van der Waals surface area (Å²) in [5.41, 5.74) is -0.130. The second kappa shape index (κ2) is 9.82. The Labute approximate surface area is 176 Å². The lowest BCUT2D eigenvalue weighted by atomic mass is 9.89. The van der Waals surface area contributed by atoms with E-state index in [1.807, 2.05) is 0 Å². The van der Waals surface area contributed by atoms with Crippen LogP contribution < -0.4 is 5.32 Å². The molecule has 1 aliphatic rings. The number of benzene rings is 1. The van der Waals surface area contributed by atoms with Gasteiger partial charge in [-0.25, -0.2) is 4.39 Å². The van der Waals surface area contributed by atoms with Crippen LogP contribution in [0.1, 0.15) is 69.1 Å². The highest BCUT2D eigenvalue weighted by atomic mass is 19.1. The van der Waals surface area contributed by atoms with Gasteiger partial charge in [-0.2, -0.15) is 4.98 Å². The van der Waals surface area contributed by atoms with Crippen molar-refractivity contribution in [3.8, 4) is 0 Å². The number of hydrogen-bond donors (Lipinski definition) is 1. The molecule has 1 heterocycles. The lowest BCUT2D eigenvalue weighted by Crippen LogP contribution is -2.45. The lowest BCUT2D eigenvalue weighted by Gasteiger charge is -2.30. The van der Waals surface area contributed by atoms with E-state index >= 15 is 0 Å². The summed E-state index contributed by atoms with van der Waals surface area (Å²) in [6.07, 6.45) is 6.24. The summed E-state index contributed by atoms with van der Waals surface area (Å²) < 4.78 is 19.2. The minimum Gasteiger partial charge on any atom is -0.343 e. The Morgan fingerprint density at radius 1 is 1.20 bits per heavy atom. The number of halogens is 1. The molecule has 2 aromatic rings. The molecule has 0 saturated heterocycles. The molecule has 3 rings (SSSR count). The zero-order chi connectivity index (χ0) is 21.6. The lowest BCUT2D eigenvalue weighted by molar-refractivity contribution is -0.130. The SMILES string of the molecule is CC(=O)NC1(c2noc(CCC(=O)N(C)Cc3ccccc3F)n2)CCCCCC1. The molecule has 1 aromatic carbocycles. The van der Waals surface area contributed by atoms with Crippen molar-refractivity contribution >= 4 is 11.8 Å². The normalized spacial score (nSPS) is 16.0. The zero-order valence-corrected chi connectivity index (χ0v) is 17.6. The fourth-order valence-corrected chi connectivity index (χ4v) is 4.00. The number of rotatable bonds is 7. The molecular formula is C22H29FN4O3. The average molecular weight is 416 g/mol. The van der Waals surface area contributed by atoms with Gasteiger partial charge in [0.2, 0.25) is 17.7 Å². The van der Waals surface area contributed by atoms with Gasteiger partial charge >= 0.3 is 0 Å². The van der Waals surface area contributed by atoms with Crippen LogP contribution in [-0.2, 0) is 28.1 Å². The summed E-state index contributed by atoms with van der Waals surface area (Å²) in [4.78, 5) is 30.2. The summed E-state index contributed by atoms with van der Waals surface area (Å²) >= 11 is 0. The van der Waals surface area contributed by atoms with Crippen molar-refractivity contribution in [3.63, 3.8) is 0 Å². The quantitative estimate of drug-likeness (QED) is 0.698. The Morgan fingerprint density at radius 3 is 2.57 bits per heavy atom. The highest BCUT2D eigenvalue weighted by Crippen LogP contribution is 2.34. The van der Waals surface area contributed by atoms with Crippen LogP contribution in [0.3, 0.4) is 0 Å². The third-order valence-electron chi connectivity index (χ3n) is 5.61. The number of carbonyl (C=O) groups excluding carboxylic acids is 2. The topological polar surface area (TPSA) is 88.3 Å². The number of nitrogens with one attached hydrogen (secondary N) is 1. The molecule has 1 aromatic heterocycles. The molecule has 162 valence electrons. The molecule has 1 N–H and O–H groups in total. The highest BCUT2D eigenvalue weighted by molar-refractivity contribution is 5.76. The van der Waals surface area contributed by atoms with E-state index in [0.717, 1.165) is 38.5 Å². The van der Waals surface area contributed by atoms with Crippen molar-refractivity contribution in [1.29, 1.82) is 0 Å². The number of aromatic nitrogens is 2. The van der Waals surface area contributed by atoms with Crippen molar-refractivity contribution in [2.24, 2.45) is 0 Å². The Morgan fingerprint density at radius 2 is 1.90 bits per heavy atom. The van der Waals surface area contributed by atoms with Crippen LogP contribution in [0.25, 0.3) is 0 Å². The molecule has 1 saturated carbocycles. The van der Waals surface area contributed by atoms with Gasteiger partial charge in [-0.1, -0.05) is 49.0 Å². The molecule has 1 fully saturated rings. The summed E-state index contributed by atoms with van der Waals surface area (Å²) in [6, 6.07) is 6.41. The number of amides is 2. The van der Waals surface area contributed by atoms with Crippen LogP contribution in [0.15, 0.2) is 28.8 Å². The Hall–Kier alpha value is -2.77. The van der Waals surface area contributed by atoms with Gasteiger partial charge in [-0.05, 0) is 18.9 Å². The standard InChI is InChI=1S/C22H29FN4O3/c1-16(28)25-22(13-7-3-4-8-14-22)21-24-19(30-26-21)11-12-20(29)27(2)15-17-9-5-6-10-18(17)23/h5-6,9-10H,3-4,7-8,11-15H2,1-2H3,(H,25,28). The van der Waals surface area contributed by atoms with Crippen LogP contribution >= 0.6 is 0 Å². The highest BCUT2D eigenvalue weighted by Gasteiger charge is 2.38. The molecule has 7 nitrogen and oxygen atoms in total. The van der Waals surface area contributed by atoms with E-state index in [0.29, 0.717) is 23.7 Å². The van der Waals surface area contributed by atoms with Gasteiger partial charge in [0.15, 0.2) is 5.82 Å². The van der Waals surface area contributed by atoms with Crippen LogP contribution in [0.4, 0.5) is 4.39 Å². The van der Waals surface area contributed by atoms with Gasteiger partial charge in [-0.15, -0.1) is 0 Å². The van der Waals surface area contributed by atoms with Crippen molar-refractivity contribution in [3.05, 3.63) is 47.4 Å². The van der Waals surface area contributed by atoms with E-state index in [1.54, 1.807) is 25.2 Å². The van der Waals surface area contributed by atoms with Crippen LogP contribution in [0.2, 0.25) is 0 Å². The summed E-state index contributed by atoms with van der Waals surface area (Å²) in [6.45, 7) is 1.70. The largest absolute Gasteiger partial charge is 0.343 e. The van der Waals surface area contributed by atoms with Gasteiger partial charge in [0.05, 0.1) is 0 Å². The first kappa shape index (κ1) is 21.9. The van der Waals surface area contributed by atoms with E-state index in [9.17, 15) is 14.0 Å². The average Bonchev–Trinajstić information content (AvgIpc) is 3.07. The molecule has 30 heavy (non-hydrogen) atoms. The van der Waals surface area contributed by atoms with E-state index in [4.69, 9.17) is 4.52 Å². The van der Waals surface area contributed by atoms with E-state index in [2.05, 4.69) is 15.5 Å². The van der Waals surface area contributed by atoms with Crippen molar-refractivity contribution in [2.75, 3.05) is 7.05 Å². The Kier molecular flexibility index (Phi) is 7.18. The maximum atomic E-state index is 13.8. The van der Waals surface area contributed by atoms with Gasteiger partial charge < -0.3 is 14.7 Å². The van der Waals surface area contributed by atoms with E-state index in [1.165, 1.54) is 17.9 Å². The van der Waals surface area contributed by atoms with Gasteiger partial charge in [0, 0.05) is 38.9 Å². The molecular weight excluding hydrogens is 387 g/mol. The van der Waals surface area contributed by atoms with E-state index in [-0.39, 0.29) is 30.6 Å². The predicted octanol–water partition coefficient (Wildman–Crippen LogP) is 3.49. The molecule has 1 aliphatic carbocycles. The number of aryl methyl sites for hydroxylation is 1. The first-order valence-electron chi connectivity index (χ1n) is 10.5. The third kappa shape index (κ3) is 5.43. The second-order valence-corrected chi connectivity index (χ2v) is 8.03. The molecule has 0 bridgehead atoms. The summed E-state index contributed by atoms with van der Waals surface area (Å²) in [7, 11) is 1.64. The maximum absolute atomic E-state index is 13.8. The molecule has 0 aliphatic heterocycles. The molecule has 2 amide bonds. The number of nitrogens with zero attached hydrogens (tertiary/aromatic N) is 3. The monoisotopic (exact) mass is 416 g/mol. The molecule has 0 atom stereocenters. The molecule has 0 radical (unpaired) electrons. The van der Waals surface area contributed by atoms with Gasteiger partial charge in [0.25, 0.3) is 0 Å². The second-order valence-electron chi connectivity index (χ2n) is 8.03. The fourth-order valence-electron chi connectivity index (χ4n) is 4.00. The predicted molar refractivity (Wildman–Crippen MR) is 109 cm³/mol. The summed E-state index contributed by atoms with van der Waals surface area (Å²) in [5.74, 6) is 0.274. The minimum atomic E-state index is -0.601. The smallest absolute Gasteiger partial charge is 0.227 e. The fraction of sp³-hybridized carbons (Fsp3) is 0.545. The minimum absolute atomic E-state index is 0.117. The van der Waals surface area contributed by atoms with Crippen LogP contribution in [0.5, 0.6) is 0 Å². The van der Waals surface area contributed by atoms with Crippen LogP contribution in [-0.4, -0.2) is 33.9 Å². The Balaban J connectivity index is 1.62. The van der Waals surface area contributed by atoms with Crippen molar-refractivity contribution < 1.29 is 18.5 Å². The Bertz CT molecular complexity index is 875. The molecule has 8 heteroatoms. The third-order valence-corrected chi connectivity index (χ3v) is 5.61. The van der Waals surface area contributed by atoms with Crippen molar-refractivity contribution in [2.45, 2.75) is 70.4 Å². The van der Waals surface area contributed by atoms with Gasteiger partial charge in [-0.3, -0.25) is 9.59 Å². The molecule has 0 spiro atoms. The first-order valence-corrected chi connectivity index (χ1v) is 10.5. The van der Waals surface area contributed by atoms with Crippen LogP contribution in [0, 0.1) is 5.82 Å². The van der Waals surface area contributed by atoms with E-state index < -0.39 is 5.54 Å². The van der Waals surface area contributed by atoms with Crippen molar-refractivity contribution in [1.82, 2.24) is 20.4 Å².